The largest absolute Gasteiger partial charge is 0.445 e. The number of nitrogens with one attached hydrogen (secondary N) is 1. The van der Waals surface area contributed by atoms with E-state index < -0.39 is 11.3 Å². The van der Waals surface area contributed by atoms with Gasteiger partial charge in [0.25, 0.3) is 0 Å². The van der Waals surface area contributed by atoms with Crippen LogP contribution >= 0.6 is 27.3 Å². The Morgan fingerprint density at radius 2 is 2.00 bits per heavy atom. The topological polar surface area (TPSA) is 94.1 Å². The lowest BCUT2D eigenvalue weighted by Crippen LogP contribution is -2.44. The lowest BCUT2D eigenvalue weighted by molar-refractivity contribution is -0.890. The zero-order chi connectivity index (χ0) is 17.1. The molecule has 130 valence electrons. The third kappa shape index (κ3) is 14.7. The number of nitrogens with zero attached hydrogens (tertiary/aromatic N) is 1. The normalized spacial score (nSPS) is 14.2. The number of carbonyl (C=O) groups excluding carboxylic acids is 1. The predicted molar refractivity (Wildman–Crippen MR) is 92.0 cm³/mol. The second-order valence-corrected chi connectivity index (χ2v) is 9.91. The van der Waals surface area contributed by atoms with Crippen LogP contribution in [0.25, 0.3) is 0 Å². The van der Waals surface area contributed by atoms with Gasteiger partial charge in [-0.15, -0.1) is 0 Å². The fraction of sp³-hybridized carbons (Fsp3) is 0.750. The highest BCUT2D eigenvalue weighted by Crippen LogP contribution is 2.50. The molecule has 0 spiro atoms. The Morgan fingerprint density at radius 1 is 1.36 bits per heavy atom. The van der Waals surface area contributed by atoms with Crippen LogP contribution in [0.2, 0.25) is 0 Å². The van der Waals surface area contributed by atoms with Crippen molar-refractivity contribution in [2.24, 2.45) is 0 Å². The molecule has 22 heavy (non-hydrogen) atoms. The lowest BCUT2D eigenvalue weighted by atomic mass is 10.4. The summed E-state index contributed by atoms with van der Waals surface area (Å²) in [6.07, 6.45) is 0.997. The molecule has 1 atom stereocenters. The number of amides is 1. The second-order valence-electron chi connectivity index (χ2n) is 5.09. The standard InChI is InChI=1S/C12H24IN2O6P/c1-4-8-20-12(16)14-5-9-19-10-6-15(2,3)7-11-21-22(13,17)18/h4H,1,5-11H2,2-3H3,(H-,14,16,17,18)/p+1. The van der Waals surface area contributed by atoms with Crippen LogP contribution in [-0.4, -0.2) is 75.6 Å². The molecule has 0 aliphatic carbocycles. The number of likely N-dealkylation sites (N-methyl/N-ethyl adjacent to an activating group) is 1. The third-order valence-corrected chi connectivity index (χ3v) is 3.97. The van der Waals surface area contributed by atoms with E-state index in [0.29, 0.717) is 30.8 Å². The number of hydrogen-bond acceptors (Lipinski definition) is 5. The van der Waals surface area contributed by atoms with Crippen LogP contribution in [0, 0.1) is 0 Å². The molecule has 0 saturated carbocycles. The molecule has 2 N–H and O–H groups in total. The van der Waals surface area contributed by atoms with Gasteiger partial charge in [0.2, 0.25) is 0 Å². The Labute approximate surface area is 144 Å². The SMILES string of the molecule is C=CCOC(=O)NCCOCC[N+](C)(C)CCOP(=O)(O)I. The summed E-state index contributed by atoms with van der Waals surface area (Å²) in [6.45, 7) is 6.42. The molecule has 0 bridgehead atoms. The van der Waals surface area contributed by atoms with Gasteiger partial charge < -0.3 is 24.2 Å². The lowest BCUT2D eigenvalue weighted by Gasteiger charge is -2.29. The Kier molecular flexibility index (Phi) is 11.3. The zero-order valence-electron chi connectivity index (χ0n) is 13.0. The van der Waals surface area contributed by atoms with Crippen LogP contribution in [0.5, 0.6) is 0 Å². The number of alkyl carbamates (subject to hydrolysis) is 1. The van der Waals surface area contributed by atoms with Crippen molar-refractivity contribution in [2.45, 2.75) is 0 Å². The van der Waals surface area contributed by atoms with E-state index in [9.17, 15) is 9.36 Å². The average Bonchev–Trinajstić information content (AvgIpc) is 2.38. The van der Waals surface area contributed by atoms with Crippen LogP contribution < -0.4 is 5.32 Å². The summed E-state index contributed by atoms with van der Waals surface area (Å²) in [5, 5.41) is -0.892. The van der Waals surface area contributed by atoms with E-state index in [4.69, 9.17) is 18.9 Å². The molecule has 1 amide bonds. The molecule has 0 aromatic heterocycles. The zero-order valence-corrected chi connectivity index (χ0v) is 16.0. The summed E-state index contributed by atoms with van der Waals surface area (Å²) in [6, 6.07) is 0. The number of rotatable bonds is 12. The van der Waals surface area contributed by atoms with Gasteiger partial charge in [-0.3, -0.25) is 4.52 Å². The predicted octanol–water partition coefficient (Wildman–Crippen LogP) is 1.54. The van der Waals surface area contributed by atoms with Crippen molar-refractivity contribution in [2.75, 3.05) is 60.2 Å². The van der Waals surface area contributed by atoms with Crippen molar-refractivity contribution in [3.8, 4) is 0 Å². The van der Waals surface area contributed by atoms with E-state index in [1.165, 1.54) is 28.1 Å². The number of quaternary nitrogens is 1. The van der Waals surface area contributed by atoms with Gasteiger partial charge in [0.15, 0.2) is 0 Å². The van der Waals surface area contributed by atoms with Gasteiger partial charge in [-0.05, 0) is 0 Å². The van der Waals surface area contributed by atoms with Crippen molar-refractivity contribution in [1.82, 2.24) is 5.32 Å². The smallest absolute Gasteiger partial charge is 0.407 e. The van der Waals surface area contributed by atoms with E-state index in [-0.39, 0.29) is 13.2 Å². The van der Waals surface area contributed by atoms with Crippen molar-refractivity contribution < 1.29 is 32.7 Å². The Hall–Kier alpha value is -0.190. The first-order valence-electron chi connectivity index (χ1n) is 6.74. The number of ether oxygens (including phenoxy) is 2. The monoisotopic (exact) mass is 451 g/mol. The maximum atomic E-state index is 11.1. The molecular weight excluding hydrogens is 426 g/mol. The van der Waals surface area contributed by atoms with Crippen LogP contribution in [0.15, 0.2) is 12.7 Å². The Bertz CT molecular complexity index is 388. The molecule has 0 aliphatic rings. The molecule has 0 fully saturated rings. The molecule has 10 heteroatoms. The summed E-state index contributed by atoms with van der Waals surface area (Å²) in [7, 11) is 3.96. The van der Waals surface area contributed by atoms with Crippen molar-refractivity contribution in [3.63, 3.8) is 0 Å². The molecule has 0 radical (unpaired) electrons. The van der Waals surface area contributed by atoms with Crippen molar-refractivity contribution in [3.05, 3.63) is 12.7 Å². The summed E-state index contributed by atoms with van der Waals surface area (Å²) in [5.41, 5.74) is 0. The first kappa shape index (κ1) is 21.8. The number of carbonyl (C=O) groups is 1. The number of hydrogen-bond donors (Lipinski definition) is 2. The van der Waals surface area contributed by atoms with Gasteiger partial charge in [0.05, 0.1) is 49.4 Å². The summed E-state index contributed by atoms with van der Waals surface area (Å²) >= 11 is 1.39. The minimum atomic E-state index is -3.44. The molecule has 1 unspecified atom stereocenters. The Balaban J connectivity index is 3.62. The third-order valence-electron chi connectivity index (χ3n) is 2.64. The maximum absolute atomic E-state index is 11.1. The van der Waals surface area contributed by atoms with Crippen molar-refractivity contribution in [1.29, 1.82) is 0 Å². The maximum Gasteiger partial charge on any atom is 0.407 e. The molecule has 0 heterocycles. The van der Waals surface area contributed by atoms with Gasteiger partial charge in [-0.1, -0.05) is 12.7 Å². The molecule has 0 aliphatic heterocycles. The molecular formula is C12H25IN2O6P+. The van der Waals surface area contributed by atoms with E-state index in [2.05, 4.69) is 11.9 Å². The summed E-state index contributed by atoms with van der Waals surface area (Å²) < 4.78 is 26.6. The molecule has 8 nitrogen and oxygen atoms in total. The highest BCUT2D eigenvalue weighted by molar-refractivity contribution is 14.2. The van der Waals surface area contributed by atoms with Gasteiger partial charge in [-0.25, -0.2) is 9.36 Å². The van der Waals surface area contributed by atoms with E-state index in [1.54, 1.807) is 0 Å². The van der Waals surface area contributed by atoms with Gasteiger partial charge in [-0.2, -0.15) is 0 Å². The Morgan fingerprint density at radius 3 is 2.59 bits per heavy atom. The van der Waals surface area contributed by atoms with Gasteiger partial charge >= 0.3 is 11.3 Å². The first-order chi connectivity index (χ1) is 10.2. The van der Waals surface area contributed by atoms with Crippen LogP contribution in [0.4, 0.5) is 4.79 Å². The van der Waals surface area contributed by atoms with Crippen LogP contribution in [0.1, 0.15) is 0 Å². The van der Waals surface area contributed by atoms with E-state index in [0.717, 1.165) is 6.54 Å². The van der Waals surface area contributed by atoms with E-state index >= 15 is 0 Å². The van der Waals surface area contributed by atoms with Gasteiger partial charge in [0.1, 0.15) is 26.3 Å². The molecule has 0 aromatic carbocycles. The van der Waals surface area contributed by atoms with Gasteiger partial charge in [0, 0.05) is 6.54 Å². The fourth-order valence-corrected chi connectivity index (χ4v) is 2.23. The summed E-state index contributed by atoms with van der Waals surface area (Å²) in [5.74, 6) is 0. The van der Waals surface area contributed by atoms with Crippen LogP contribution in [-0.2, 0) is 18.6 Å². The summed E-state index contributed by atoms with van der Waals surface area (Å²) in [4.78, 5) is 20.1. The molecule has 0 aromatic rings. The average molecular weight is 451 g/mol. The van der Waals surface area contributed by atoms with E-state index in [1.807, 2.05) is 14.1 Å². The minimum absolute atomic E-state index is 0.179. The van der Waals surface area contributed by atoms with Crippen molar-refractivity contribution >= 4 is 33.4 Å². The fourth-order valence-electron chi connectivity index (χ4n) is 1.34. The molecule has 0 rings (SSSR count). The second kappa shape index (κ2) is 11.4. The minimum Gasteiger partial charge on any atom is -0.445 e. The highest BCUT2D eigenvalue weighted by atomic mass is 127. The van der Waals surface area contributed by atoms with Crippen LogP contribution in [0.3, 0.4) is 0 Å². The highest BCUT2D eigenvalue weighted by Gasteiger charge is 2.18. The molecule has 0 saturated heterocycles. The first-order valence-corrected chi connectivity index (χ1v) is 11.1. The number of halogens is 1. The quantitative estimate of drug-likeness (QED) is 0.154.